The maximum Gasteiger partial charge on any atom is 0.266 e. The van der Waals surface area contributed by atoms with Crippen LogP contribution in [0.2, 0.25) is 5.02 Å². The number of hydrogen-bond acceptors (Lipinski definition) is 3. The first-order chi connectivity index (χ1) is 11.8. The highest BCUT2D eigenvalue weighted by Gasteiger charge is 2.69. The second-order valence-corrected chi connectivity index (χ2v) is 7.48. The van der Waals surface area contributed by atoms with Crippen LogP contribution in [-0.4, -0.2) is 27.8 Å². The molecule has 3 aliphatic rings. The molecule has 25 heavy (non-hydrogen) atoms. The molecule has 0 radical (unpaired) electrons. The van der Waals surface area contributed by atoms with Gasteiger partial charge in [-0.3, -0.25) is 19.4 Å². The van der Waals surface area contributed by atoms with Gasteiger partial charge in [-0.2, -0.15) is 0 Å². The van der Waals surface area contributed by atoms with Gasteiger partial charge in [-0.25, -0.2) is 4.39 Å². The van der Waals surface area contributed by atoms with E-state index in [1.165, 1.54) is 16.8 Å². The Morgan fingerprint density at radius 2 is 2.12 bits per heavy atom. The molecule has 2 aromatic rings. The average Bonchev–Trinajstić information content (AvgIpc) is 2.82. The Labute approximate surface area is 147 Å². The Morgan fingerprint density at radius 3 is 2.72 bits per heavy atom. The van der Waals surface area contributed by atoms with Crippen LogP contribution in [0.15, 0.2) is 29.1 Å². The minimum absolute atomic E-state index is 0.00918. The van der Waals surface area contributed by atoms with Gasteiger partial charge in [0.25, 0.3) is 11.5 Å². The van der Waals surface area contributed by atoms with E-state index in [9.17, 15) is 14.0 Å². The SMILES string of the molecule is Cn1[nH]c(C23CC(NC(=O)COc4ccc(Cl)c(F)c4)(C2)C3)cc1=O. The monoisotopic (exact) mass is 365 g/mol. The minimum atomic E-state index is -0.585. The predicted molar refractivity (Wildman–Crippen MR) is 89.3 cm³/mol. The first-order valence-electron chi connectivity index (χ1n) is 7.96. The standard InChI is InChI=1S/C17H17ClFN3O3/c1-22-15(24)5-13(21-22)16-7-17(8-16,9-16)20-14(23)6-25-10-2-3-11(18)12(19)4-10/h2-5,21H,6-9H2,1H3,(H,20,23). The van der Waals surface area contributed by atoms with Crippen LogP contribution in [0.1, 0.15) is 25.0 Å². The van der Waals surface area contributed by atoms with E-state index in [0.29, 0.717) is 0 Å². The Bertz CT molecular complexity index is 900. The third kappa shape index (κ3) is 2.63. The number of amides is 1. The Hall–Kier alpha value is -2.28. The maximum absolute atomic E-state index is 13.3. The quantitative estimate of drug-likeness (QED) is 0.849. The molecule has 2 N–H and O–H groups in total. The van der Waals surface area contributed by atoms with E-state index in [1.54, 1.807) is 13.1 Å². The molecule has 0 aliphatic heterocycles. The molecular formula is C17H17ClFN3O3. The van der Waals surface area contributed by atoms with Gasteiger partial charge in [0.05, 0.1) is 5.02 Å². The van der Waals surface area contributed by atoms with Crippen molar-refractivity contribution in [2.75, 3.05) is 6.61 Å². The Morgan fingerprint density at radius 1 is 1.40 bits per heavy atom. The Kier molecular flexibility index (Phi) is 3.47. The summed E-state index contributed by atoms with van der Waals surface area (Å²) < 4.78 is 20.1. The number of H-pyrrole nitrogens is 1. The van der Waals surface area contributed by atoms with E-state index in [-0.39, 0.29) is 39.8 Å². The number of hydrogen-bond donors (Lipinski definition) is 2. The smallest absolute Gasteiger partial charge is 0.266 e. The van der Waals surface area contributed by atoms with Gasteiger partial charge in [0, 0.05) is 35.8 Å². The molecule has 2 bridgehead atoms. The normalized spacial score (nSPS) is 26.5. The fraction of sp³-hybridized carbons (Fsp3) is 0.412. The summed E-state index contributed by atoms with van der Waals surface area (Å²) in [4.78, 5) is 23.7. The third-order valence-electron chi connectivity index (χ3n) is 5.15. The molecule has 8 heteroatoms. The summed E-state index contributed by atoms with van der Waals surface area (Å²) in [6.45, 7) is -0.183. The van der Waals surface area contributed by atoms with Gasteiger partial charge in [0.2, 0.25) is 0 Å². The number of aryl methyl sites for hydroxylation is 1. The molecule has 1 aromatic heterocycles. The van der Waals surface area contributed by atoms with Crippen LogP contribution in [0.4, 0.5) is 4.39 Å². The van der Waals surface area contributed by atoms with Crippen LogP contribution in [-0.2, 0) is 17.3 Å². The second-order valence-electron chi connectivity index (χ2n) is 7.07. The van der Waals surface area contributed by atoms with Gasteiger partial charge < -0.3 is 10.1 Å². The zero-order chi connectivity index (χ0) is 17.8. The van der Waals surface area contributed by atoms with Crippen LogP contribution in [0, 0.1) is 5.82 Å². The fourth-order valence-electron chi connectivity index (χ4n) is 4.01. The van der Waals surface area contributed by atoms with Gasteiger partial charge in [-0.05, 0) is 31.4 Å². The molecule has 1 amide bonds. The molecule has 3 fully saturated rings. The number of nitrogens with zero attached hydrogens (tertiary/aromatic N) is 1. The van der Waals surface area contributed by atoms with Crippen molar-refractivity contribution in [1.82, 2.24) is 15.1 Å². The molecule has 3 aliphatic carbocycles. The molecule has 0 atom stereocenters. The lowest BCUT2D eigenvalue weighted by atomic mass is 9.38. The highest BCUT2D eigenvalue weighted by atomic mass is 35.5. The lowest BCUT2D eigenvalue weighted by Crippen LogP contribution is -2.77. The highest BCUT2D eigenvalue weighted by molar-refractivity contribution is 6.30. The van der Waals surface area contributed by atoms with Gasteiger partial charge >= 0.3 is 0 Å². The van der Waals surface area contributed by atoms with E-state index in [0.717, 1.165) is 31.0 Å². The van der Waals surface area contributed by atoms with Gasteiger partial charge in [0.15, 0.2) is 6.61 Å². The number of carbonyl (C=O) groups excluding carboxylic acids is 1. The summed E-state index contributed by atoms with van der Waals surface area (Å²) in [6, 6.07) is 5.68. The summed E-state index contributed by atoms with van der Waals surface area (Å²) in [5.74, 6) is -0.573. The molecule has 0 saturated heterocycles. The van der Waals surface area contributed by atoms with Crippen LogP contribution in [0.3, 0.4) is 0 Å². The topological polar surface area (TPSA) is 76.1 Å². The average molecular weight is 366 g/mol. The first kappa shape index (κ1) is 16.2. The minimum Gasteiger partial charge on any atom is -0.484 e. The molecule has 6 nitrogen and oxygen atoms in total. The van der Waals surface area contributed by atoms with E-state index < -0.39 is 5.82 Å². The van der Waals surface area contributed by atoms with Crippen molar-refractivity contribution in [3.05, 3.63) is 51.2 Å². The first-order valence-corrected chi connectivity index (χ1v) is 8.34. The van der Waals surface area contributed by atoms with Gasteiger partial charge in [-0.1, -0.05) is 11.6 Å². The van der Waals surface area contributed by atoms with Crippen molar-refractivity contribution in [3.63, 3.8) is 0 Å². The van der Waals surface area contributed by atoms with Crippen LogP contribution in [0.25, 0.3) is 0 Å². The Balaban J connectivity index is 1.30. The van der Waals surface area contributed by atoms with Crippen LogP contribution in [0.5, 0.6) is 5.75 Å². The summed E-state index contributed by atoms with van der Waals surface area (Å²) in [6.07, 6.45) is 2.42. The predicted octanol–water partition coefficient (Wildman–Crippen LogP) is 1.88. The third-order valence-corrected chi connectivity index (χ3v) is 5.46. The van der Waals surface area contributed by atoms with Crippen molar-refractivity contribution < 1.29 is 13.9 Å². The summed E-state index contributed by atoms with van der Waals surface area (Å²) >= 11 is 5.60. The number of rotatable bonds is 5. The van der Waals surface area contributed by atoms with Crippen molar-refractivity contribution in [1.29, 1.82) is 0 Å². The lowest BCUT2D eigenvalue weighted by molar-refractivity contribution is -0.140. The summed E-state index contributed by atoms with van der Waals surface area (Å²) in [5, 5.41) is 6.07. The molecule has 0 spiro atoms. The van der Waals surface area contributed by atoms with E-state index in [4.69, 9.17) is 16.3 Å². The molecule has 3 saturated carbocycles. The molecule has 0 unspecified atom stereocenters. The molecule has 132 valence electrons. The number of benzene rings is 1. The van der Waals surface area contributed by atoms with Crippen molar-refractivity contribution in [3.8, 4) is 5.75 Å². The zero-order valence-corrected chi connectivity index (χ0v) is 14.3. The number of ether oxygens (including phenoxy) is 1. The van der Waals surface area contributed by atoms with Crippen LogP contribution >= 0.6 is 11.6 Å². The molecule has 1 heterocycles. The van der Waals surface area contributed by atoms with Crippen molar-refractivity contribution >= 4 is 17.5 Å². The van der Waals surface area contributed by atoms with Crippen molar-refractivity contribution in [2.45, 2.75) is 30.2 Å². The van der Waals surface area contributed by atoms with Gasteiger partial charge in [-0.15, -0.1) is 0 Å². The van der Waals surface area contributed by atoms with Crippen LogP contribution < -0.4 is 15.6 Å². The van der Waals surface area contributed by atoms with E-state index in [2.05, 4.69) is 10.4 Å². The number of nitrogens with one attached hydrogen (secondary N) is 2. The number of halogens is 2. The lowest BCUT2D eigenvalue weighted by Gasteiger charge is -2.70. The molecule has 5 rings (SSSR count). The zero-order valence-electron chi connectivity index (χ0n) is 13.6. The largest absolute Gasteiger partial charge is 0.484 e. The second kappa shape index (κ2) is 5.36. The number of aromatic nitrogens is 2. The van der Waals surface area contributed by atoms with E-state index >= 15 is 0 Å². The summed E-state index contributed by atoms with van der Waals surface area (Å²) in [5.41, 5.74) is 0.650. The van der Waals surface area contributed by atoms with Gasteiger partial charge in [0.1, 0.15) is 11.6 Å². The summed E-state index contributed by atoms with van der Waals surface area (Å²) in [7, 11) is 1.69. The molecule has 1 aromatic carbocycles. The maximum atomic E-state index is 13.3. The fourth-order valence-corrected chi connectivity index (χ4v) is 4.13. The molecular weight excluding hydrogens is 349 g/mol. The van der Waals surface area contributed by atoms with E-state index in [1.807, 2.05) is 0 Å². The number of carbonyl (C=O) groups is 1. The number of aromatic amines is 1. The van der Waals surface area contributed by atoms with Crippen molar-refractivity contribution in [2.24, 2.45) is 7.05 Å². The highest BCUT2D eigenvalue weighted by Crippen LogP contribution is 2.67.